The number of esters is 6. The molecule has 18 heteroatoms. The van der Waals surface area contributed by atoms with Crippen molar-refractivity contribution < 1.29 is 57.2 Å². The number of benzene rings is 3. The molecule has 81 heavy (non-hydrogen) atoms. The van der Waals surface area contributed by atoms with Crippen molar-refractivity contribution in [2.75, 3.05) is 55.6 Å². The third-order valence-electron chi connectivity index (χ3n) is 10.2. The van der Waals surface area contributed by atoms with Crippen molar-refractivity contribution in [3.05, 3.63) is 106 Å². The lowest BCUT2D eigenvalue weighted by Crippen LogP contribution is -2.25. The fraction of sp³-hybridized carbons (Fsp3) is 0.476. The van der Waals surface area contributed by atoms with Crippen LogP contribution in [0.2, 0.25) is 0 Å². The minimum atomic E-state index is -0.803. The van der Waals surface area contributed by atoms with E-state index in [0.29, 0.717) is 33.8 Å². The van der Waals surface area contributed by atoms with Gasteiger partial charge in [-0.3, -0.25) is 0 Å². The van der Waals surface area contributed by atoms with Gasteiger partial charge in [-0.1, -0.05) is 161 Å². The third kappa shape index (κ3) is 25.4. The number of anilines is 6. The quantitative estimate of drug-likeness (QED) is 0.0231. The lowest BCUT2D eigenvalue weighted by molar-refractivity contribution is -0.151. The molecule has 18 nitrogen and oxygen atoms in total. The van der Waals surface area contributed by atoms with E-state index in [2.05, 4.69) is 30.9 Å². The Labute approximate surface area is 478 Å². The highest BCUT2D eigenvalue weighted by molar-refractivity contribution is 6.19. The zero-order valence-electron chi connectivity index (χ0n) is 50.6. The first-order valence-corrected chi connectivity index (χ1v) is 26.8. The molecule has 0 saturated heterocycles. The Bertz CT molecular complexity index is 2510. The highest BCUT2D eigenvalue weighted by atomic mass is 16.6. The van der Waals surface area contributed by atoms with E-state index in [4.69, 9.17) is 28.4 Å². The maximum absolute atomic E-state index is 13.3. The van der Waals surface area contributed by atoms with Gasteiger partial charge < -0.3 is 44.4 Å². The molecule has 0 atom stereocenters. The van der Waals surface area contributed by atoms with E-state index < -0.39 is 35.8 Å². The summed E-state index contributed by atoms with van der Waals surface area (Å²) in [4.78, 5) is 93.7. The Hall–Kier alpha value is -7.89. The van der Waals surface area contributed by atoms with Gasteiger partial charge in [-0.05, 0) is 104 Å². The molecule has 0 unspecified atom stereocenters. The van der Waals surface area contributed by atoms with Crippen molar-refractivity contribution in [3.8, 4) is 0 Å². The molecule has 3 N–H and O–H groups in total. The van der Waals surface area contributed by atoms with Gasteiger partial charge in [0.2, 0.25) is 17.8 Å². The van der Waals surface area contributed by atoms with Crippen LogP contribution in [0.4, 0.5) is 34.9 Å². The molecule has 0 aliphatic rings. The van der Waals surface area contributed by atoms with Crippen LogP contribution in [0.1, 0.15) is 141 Å². The van der Waals surface area contributed by atoms with E-state index in [1.807, 2.05) is 125 Å². The summed E-state index contributed by atoms with van der Waals surface area (Å²) in [5, 5.41) is 9.60. The normalized spacial score (nSPS) is 11.9. The lowest BCUT2D eigenvalue weighted by Gasteiger charge is -2.20. The van der Waals surface area contributed by atoms with E-state index in [1.165, 1.54) is 18.2 Å². The third-order valence-corrected chi connectivity index (χ3v) is 10.2. The summed E-state index contributed by atoms with van der Waals surface area (Å²) in [6, 6.07) is 20.5. The molecule has 0 aliphatic heterocycles. The smallest absolute Gasteiger partial charge is 0.345 e. The zero-order valence-corrected chi connectivity index (χ0v) is 50.6. The number of ether oxygens (including phenoxy) is 6. The summed E-state index contributed by atoms with van der Waals surface area (Å²) in [5.74, 6) is -4.50. The van der Waals surface area contributed by atoms with Gasteiger partial charge in [0.15, 0.2) is 0 Å². The van der Waals surface area contributed by atoms with Gasteiger partial charge in [0, 0.05) is 17.1 Å². The molecule has 1 heterocycles. The van der Waals surface area contributed by atoms with E-state index in [-0.39, 0.29) is 107 Å². The van der Waals surface area contributed by atoms with Crippen LogP contribution in [0.5, 0.6) is 0 Å². The van der Waals surface area contributed by atoms with E-state index >= 15 is 0 Å². The molecule has 0 saturated carbocycles. The Kier molecular flexibility index (Phi) is 22.3. The summed E-state index contributed by atoms with van der Waals surface area (Å²) in [6.07, 6.45) is 4.27. The van der Waals surface area contributed by atoms with Crippen LogP contribution in [0.15, 0.2) is 89.5 Å². The standard InChI is InChI=1S/C63H84N6O12/c1-58(2,3)34-76-49(70)46(50(71)77-35-59(4,5)6)31-40-19-25-43(26-20-40)64-55-67-56(65-44-27-21-41(22-28-44)32-47(51(72)78-36-60(7,8)9)52(73)79-37-61(10,11)12)69-57(68-55)66-45-29-23-42(24-30-45)33-48(53(74)80-38-62(13,14)15)54(75)81-39-63(16,17)18/h19-33H,34-39H2,1-18H3,(H3,64,65,66,67,68,69). The van der Waals surface area contributed by atoms with Gasteiger partial charge >= 0.3 is 35.8 Å². The van der Waals surface area contributed by atoms with Crippen LogP contribution < -0.4 is 16.0 Å². The minimum Gasteiger partial charge on any atom is -0.461 e. The van der Waals surface area contributed by atoms with Gasteiger partial charge in [0.05, 0.1) is 39.6 Å². The number of carbonyl (C=O) groups excluding carboxylic acids is 6. The fourth-order valence-corrected chi connectivity index (χ4v) is 6.18. The predicted octanol–water partition coefficient (Wildman–Crippen LogP) is 12.8. The Morgan fingerprint density at radius 2 is 0.469 bits per heavy atom. The van der Waals surface area contributed by atoms with Gasteiger partial charge in [-0.25, -0.2) is 28.8 Å². The second-order valence-corrected chi connectivity index (χ2v) is 27.0. The molecule has 1 aromatic heterocycles. The molecular weight excluding hydrogens is 1030 g/mol. The van der Waals surface area contributed by atoms with Gasteiger partial charge in [0.25, 0.3) is 0 Å². The molecule has 4 aromatic rings. The predicted molar refractivity (Wildman–Crippen MR) is 315 cm³/mol. The summed E-state index contributed by atoms with van der Waals surface area (Å²) < 4.78 is 33.1. The molecule has 3 aromatic carbocycles. The topological polar surface area (TPSA) is 233 Å². The SMILES string of the molecule is CC(C)(C)COC(=O)C(=Cc1ccc(Nc2nc(Nc3ccc(C=C(C(=O)OCC(C)(C)C)C(=O)OCC(C)(C)C)cc3)nc(Nc3ccc(C=C(C(=O)OCC(C)(C)C)C(=O)OCC(C)(C)C)cc3)n2)cc1)C(=O)OCC(C)(C)C. The Morgan fingerprint density at radius 3 is 0.617 bits per heavy atom. The zero-order chi connectivity index (χ0) is 60.7. The highest BCUT2D eigenvalue weighted by Crippen LogP contribution is 2.27. The van der Waals surface area contributed by atoms with Crippen molar-refractivity contribution in [2.24, 2.45) is 32.5 Å². The summed E-state index contributed by atoms with van der Waals surface area (Å²) in [7, 11) is 0. The van der Waals surface area contributed by atoms with Crippen LogP contribution >= 0.6 is 0 Å². The van der Waals surface area contributed by atoms with Crippen LogP contribution in [0, 0.1) is 32.5 Å². The molecule has 438 valence electrons. The maximum atomic E-state index is 13.3. The molecular formula is C63H84N6O12. The monoisotopic (exact) mass is 1120 g/mol. The first-order chi connectivity index (χ1) is 37.3. The van der Waals surface area contributed by atoms with E-state index in [1.54, 1.807) is 72.8 Å². The molecule has 0 fully saturated rings. The van der Waals surface area contributed by atoms with Gasteiger partial charge in [0.1, 0.15) is 16.7 Å². The summed E-state index contributed by atoms with van der Waals surface area (Å²) in [6.45, 7) is 35.0. The second-order valence-electron chi connectivity index (χ2n) is 27.0. The van der Waals surface area contributed by atoms with Crippen LogP contribution in [-0.4, -0.2) is 90.4 Å². The average Bonchev–Trinajstić information content (AvgIpc) is 3.36. The summed E-state index contributed by atoms with van der Waals surface area (Å²) >= 11 is 0. The molecule has 4 rings (SSSR count). The molecule has 0 bridgehead atoms. The van der Waals surface area contributed by atoms with Crippen molar-refractivity contribution in [1.82, 2.24) is 15.0 Å². The molecule has 0 amide bonds. The molecule has 0 radical (unpaired) electrons. The van der Waals surface area contributed by atoms with Crippen LogP contribution in [0.25, 0.3) is 18.2 Å². The second kappa shape index (κ2) is 27.5. The first-order valence-electron chi connectivity index (χ1n) is 26.8. The average molecular weight is 1120 g/mol. The number of hydrogen-bond acceptors (Lipinski definition) is 18. The maximum Gasteiger partial charge on any atom is 0.345 e. The van der Waals surface area contributed by atoms with Gasteiger partial charge in [-0.2, -0.15) is 15.0 Å². The number of nitrogens with zero attached hydrogens (tertiary/aromatic N) is 3. The molecule has 0 spiro atoms. The number of rotatable bonds is 21. The van der Waals surface area contributed by atoms with Crippen LogP contribution in [0.3, 0.4) is 0 Å². The summed E-state index contributed by atoms with van der Waals surface area (Å²) in [5.41, 5.74) is 0.331. The fourth-order valence-electron chi connectivity index (χ4n) is 6.18. The van der Waals surface area contributed by atoms with Crippen molar-refractivity contribution in [2.45, 2.75) is 125 Å². The largest absolute Gasteiger partial charge is 0.461 e. The minimum absolute atomic E-state index is 0.0866. The Balaban J connectivity index is 1.73. The lowest BCUT2D eigenvalue weighted by atomic mass is 9.98. The first kappa shape index (κ1) is 65.6. The number of hydrogen-bond donors (Lipinski definition) is 3. The van der Waals surface area contributed by atoms with E-state index in [9.17, 15) is 28.8 Å². The highest BCUT2D eigenvalue weighted by Gasteiger charge is 2.29. The van der Waals surface area contributed by atoms with Crippen molar-refractivity contribution in [3.63, 3.8) is 0 Å². The van der Waals surface area contributed by atoms with Crippen molar-refractivity contribution in [1.29, 1.82) is 0 Å². The number of aromatic nitrogens is 3. The number of carbonyl (C=O) groups is 6. The van der Waals surface area contributed by atoms with Crippen molar-refractivity contribution >= 4 is 89.0 Å². The van der Waals surface area contributed by atoms with E-state index in [0.717, 1.165) is 0 Å². The number of nitrogens with one attached hydrogen (secondary N) is 3. The Morgan fingerprint density at radius 1 is 0.309 bits per heavy atom. The van der Waals surface area contributed by atoms with Gasteiger partial charge in [-0.15, -0.1) is 0 Å². The molecule has 0 aliphatic carbocycles. The van der Waals surface area contributed by atoms with Crippen LogP contribution in [-0.2, 0) is 57.2 Å².